The summed E-state index contributed by atoms with van der Waals surface area (Å²) in [6.45, 7) is 0. The highest BCUT2D eigenvalue weighted by molar-refractivity contribution is 8.13. The number of hydrogen-bond donors (Lipinski definition) is 0. The largest absolute Gasteiger partial charge is 0.333 e. The zero-order valence-electron chi connectivity index (χ0n) is 8.76. The van der Waals surface area contributed by atoms with E-state index in [1.807, 2.05) is 0 Å². The van der Waals surface area contributed by atoms with Crippen molar-refractivity contribution in [3.63, 3.8) is 0 Å². The standard InChI is InChI=1S/C10H8ClFN2O2S/c1-14-6-9(17(11,15)16)13-10(14)7-2-4-8(12)5-3-7/h2-6H,1H3. The minimum atomic E-state index is -3.85. The first-order valence-corrected chi connectivity index (χ1v) is 6.93. The van der Waals surface area contributed by atoms with Crippen molar-refractivity contribution < 1.29 is 12.8 Å². The molecule has 0 aliphatic carbocycles. The van der Waals surface area contributed by atoms with Crippen LogP contribution >= 0.6 is 10.7 Å². The van der Waals surface area contributed by atoms with E-state index in [0.717, 1.165) is 0 Å². The van der Waals surface area contributed by atoms with Gasteiger partial charge < -0.3 is 4.57 Å². The Morgan fingerprint density at radius 3 is 2.35 bits per heavy atom. The van der Waals surface area contributed by atoms with Gasteiger partial charge in [-0.1, -0.05) is 0 Å². The van der Waals surface area contributed by atoms with E-state index in [1.54, 1.807) is 7.05 Å². The quantitative estimate of drug-likeness (QED) is 0.789. The molecule has 2 rings (SSSR count). The Morgan fingerprint density at radius 1 is 1.29 bits per heavy atom. The maximum Gasteiger partial charge on any atom is 0.280 e. The van der Waals surface area contributed by atoms with E-state index in [4.69, 9.17) is 10.7 Å². The first kappa shape index (κ1) is 12.1. The van der Waals surface area contributed by atoms with Crippen molar-refractivity contribution in [3.8, 4) is 11.4 Å². The van der Waals surface area contributed by atoms with Crippen LogP contribution < -0.4 is 0 Å². The third kappa shape index (κ3) is 2.48. The third-order valence-corrected chi connectivity index (χ3v) is 3.38. The SMILES string of the molecule is Cn1cc(S(=O)(=O)Cl)nc1-c1ccc(F)cc1. The second-order valence-electron chi connectivity index (χ2n) is 3.46. The fraction of sp³-hybridized carbons (Fsp3) is 0.100. The zero-order valence-corrected chi connectivity index (χ0v) is 10.3. The van der Waals surface area contributed by atoms with Gasteiger partial charge in [-0.3, -0.25) is 0 Å². The van der Waals surface area contributed by atoms with E-state index >= 15 is 0 Å². The number of imidazole rings is 1. The zero-order chi connectivity index (χ0) is 12.6. The summed E-state index contributed by atoms with van der Waals surface area (Å²) in [7, 11) is 2.97. The monoisotopic (exact) mass is 274 g/mol. The van der Waals surface area contributed by atoms with Gasteiger partial charge in [-0.05, 0) is 24.3 Å². The molecular weight excluding hydrogens is 267 g/mol. The Bertz CT molecular complexity index is 649. The summed E-state index contributed by atoms with van der Waals surface area (Å²) in [6.07, 6.45) is 1.31. The molecule has 0 aliphatic rings. The Balaban J connectivity index is 2.54. The van der Waals surface area contributed by atoms with E-state index < -0.39 is 9.05 Å². The molecule has 0 N–H and O–H groups in total. The van der Waals surface area contributed by atoms with Crippen LogP contribution in [-0.4, -0.2) is 18.0 Å². The molecule has 4 nitrogen and oxygen atoms in total. The normalized spacial score (nSPS) is 11.7. The summed E-state index contributed by atoms with van der Waals surface area (Å²) < 4.78 is 36.5. The van der Waals surface area contributed by atoms with Gasteiger partial charge in [0.2, 0.25) is 0 Å². The molecule has 1 aromatic heterocycles. The molecule has 0 aliphatic heterocycles. The van der Waals surface area contributed by atoms with Crippen molar-refractivity contribution in [1.82, 2.24) is 9.55 Å². The summed E-state index contributed by atoms with van der Waals surface area (Å²) >= 11 is 0. The topological polar surface area (TPSA) is 52.0 Å². The molecule has 2 aromatic rings. The lowest BCUT2D eigenvalue weighted by molar-refractivity contribution is 0.606. The van der Waals surface area contributed by atoms with Gasteiger partial charge in [0.05, 0.1) is 0 Å². The predicted octanol–water partition coefficient (Wildman–Crippen LogP) is 2.15. The average Bonchev–Trinajstić information content (AvgIpc) is 2.61. The van der Waals surface area contributed by atoms with Crippen LogP contribution in [0.15, 0.2) is 35.5 Å². The van der Waals surface area contributed by atoms with Crippen LogP contribution in [0.25, 0.3) is 11.4 Å². The Hall–Kier alpha value is -1.40. The summed E-state index contributed by atoms with van der Waals surface area (Å²) in [6, 6.07) is 5.59. The van der Waals surface area contributed by atoms with Crippen molar-refractivity contribution in [2.24, 2.45) is 7.05 Å². The average molecular weight is 275 g/mol. The Morgan fingerprint density at radius 2 is 1.88 bits per heavy atom. The van der Waals surface area contributed by atoms with E-state index in [-0.39, 0.29) is 10.8 Å². The molecule has 0 radical (unpaired) electrons. The molecule has 17 heavy (non-hydrogen) atoms. The van der Waals surface area contributed by atoms with Crippen LogP contribution in [-0.2, 0) is 16.1 Å². The summed E-state index contributed by atoms with van der Waals surface area (Å²) in [4.78, 5) is 3.90. The fourth-order valence-corrected chi connectivity index (χ4v) is 2.13. The second-order valence-corrected chi connectivity index (χ2v) is 5.97. The number of aromatic nitrogens is 2. The van der Waals surface area contributed by atoms with E-state index in [0.29, 0.717) is 11.4 Å². The molecule has 0 saturated heterocycles. The molecular formula is C10H8ClFN2O2S. The molecule has 0 atom stereocenters. The van der Waals surface area contributed by atoms with E-state index in [9.17, 15) is 12.8 Å². The number of hydrogen-bond acceptors (Lipinski definition) is 3. The lowest BCUT2D eigenvalue weighted by Gasteiger charge is -2.00. The summed E-state index contributed by atoms with van der Waals surface area (Å²) in [5, 5.41) is -0.221. The van der Waals surface area contributed by atoms with Gasteiger partial charge in [-0.2, -0.15) is 0 Å². The fourth-order valence-electron chi connectivity index (χ4n) is 1.42. The van der Waals surface area contributed by atoms with Crippen LogP contribution in [0.4, 0.5) is 4.39 Å². The number of halogens is 2. The van der Waals surface area contributed by atoms with Gasteiger partial charge in [0.25, 0.3) is 9.05 Å². The van der Waals surface area contributed by atoms with Crippen LogP contribution in [0.1, 0.15) is 0 Å². The molecule has 0 bridgehead atoms. The third-order valence-electron chi connectivity index (χ3n) is 2.21. The highest BCUT2D eigenvalue weighted by atomic mass is 35.7. The summed E-state index contributed by atoms with van der Waals surface area (Å²) in [5.41, 5.74) is 0.612. The molecule has 0 spiro atoms. The highest BCUT2D eigenvalue weighted by Gasteiger charge is 2.17. The molecule has 90 valence electrons. The molecule has 1 heterocycles. The number of rotatable bonds is 2. The number of nitrogens with zero attached hydrogens (tertiary/aromatic N) is 2. The first-order chi connectivity index (χ1) is 7.88. The maximum absolute atomic E-state index is 12.8. The second kappa shape index (κ2) is 4.12. The van der Waals surface area contributed by atoms with Gasteiger partial charge in [-0.25, -0.2) is 17.8 Å². The molecule has 7 heteroatoms. The van der Waals surface area contributed by atoms with Crippen LogP contribution in [0.2, 0.25) is 0 Å². The number of benzene rings is 1. The Kier molecular flexibility index (Phi) is 2.92. The van der Waals surface area contributed by atoms with Crippen molar-refractivity contribution in [3.05, 3.63) is 36.3 Å². The highest BCUT2D eigenvalue weighted by Crippen LogP contribution is 2.22. The molecule has 1 aromatic carbocycles. The van der Waals surface area contributed by atoms with Gasteiger partial charge in [-0.15, -0.1) is 0 Å². The lowest BCUT2D eigenvalue weighted by Crippen LogP contribution is -1.91. The van der Waals surface area contributed by atoms with E-state index in [2.05, 4.69) is 4.98 Å². The van der Waals surface area contributed by atoms with Crippen LogP contribution in [0.3, 0.4) is 0 Å². The molecule has 0 amide bonds. The number of aryl methyl sites for hydroxylation is 1. The minimum Gasteiger partial charge on any atom is -0.333 e. The van der Waals surface area contributed by atoms with Gasteiger partial charge in [0, 0.05) is 29.5 Å². The maximum atomic E-state index is 12.8. The molecule has 0 fully saturated rings. The van der Waals surface area contributed by atoms with E-state index in [1.165, 1.54) is 35.0 Å². The van der Waals surface area contributed by atoms with Crippen molar-refractivity contribution in [1.29, 1.82) is 0 Å². The molecule has 0 saturated carbocycles. The van der Waals surface area contributed by atoms with Gasteiger partial charge in [0.1, 0.15) is 11.6 Å². The molecule has 0 unspecified atom stereocenters. The van der Waals surface area contributed by atoms with Crippen LogP contribution in [0.5, 0.6) is 0 Å². The summed E-state index contributed by atoms with van der Waals surface area (Å²) in [5.74, 6) is 0.0392. The van der Waals surface area contributed by atoms with Gasteiger partial charge >= 0.3 is 0 Å². The van der Waals surface area contributed by atoms with Gasteiger partial charge in [0.15, 0.2) is 5.03 Å². The van der Waals surface area contributed by atoms with Crippen molar-refractivity contribution in [2.45, 2.75) is 5.03 Å². The first-order valence-electron chi connectivity index (χ1n) is 4.62. The lowest BCUT2D eigenvalue weighted by atomic mass is 10.2. The van der Waals surface area contributed by atoms with Crippen LogP contribution in [0, 0.1) is 5.82 Å². The predicted molar refractivity (Wildman–Crippen MR) is 61.6 cm³/mol. The smallest absolute Gasteiger partial charge is 0.280 e. The van der Waals surface area contributed by atoms with Crippen molar-refractivity contribution in [2.75, 3.05) is 0 Å². The van der Waals surface area contributed by atoms with Crippen molar-refractivity contribution >= 4 is 19.7 Å². The minimum absolute atomic E-state index is 0.221. The Labute approximate surface area is 102 Å².